The van der Waals surface area contributed by atoms with Crippen LogP contribution in [0.3, 0.4) is 0 Å². The van der Waals surface area contributed by atoms with Crippen molar-refractivity contribution in [1.29, 1.82) is 0 Å². The molecule has 0 saturated heterocycles. The van der Waals surface area contributed by atoms with Crippen LogP contribution in [0.1, 0.15) is 39.7 Å². The van der Waals surface area contributed by atoms with E-state index in [4.69, 9.17) is 4.43 Å². The van der Waals surface area contributed by atoms with Crippen molar-refractivity contribution in [3.8, 4) is 0 Å². The fraction of sp³-hybridized carbons (Fsp3) is 0.556. The molecule has 0 aliphatic carbocycles. The average molecular weight is 327 g/mol. The summed E-state index contributed by atoms with van der Waals surface area (Å²) in [6.45, 7) is 12.3. The van der Waals surface area contributed by atoms with Gasteiger partial charge in [-0.1, -0.05) is 51.1 Å². The van der Waals surface area contributed by atoms with Gasteiger partial charge in [0.2, 0.25) is 0 Å². The van der Waals surface area contributed by atoms with E-state index in [1.54, 1.807) is 6.92 Å². The zero-order valence-electron chi connectivity index (χ0n) is 14.5. The molecule has 0 bridgehead atoms. The summed E-state index contributed by atoms with van der Waals surface area (Å²) in [4.78, 5) is 0. The highest BCUT2D eigenvalue weighted by Crippen LogP contribution is 2.38. The van der Waals surface area contributed by atoms with Gasteiger partial charge in [0.1, 0.15) is 0 Å². The van der Waals surface area contributed by atoms with E-state index in [1.807, 2.05) is 30.3 Å². The van der Waals surface area contributed by atoms with Gasteiger partial charge >= 0.3 is 0 Å². The molecule has 1 unspecified atom stereocenters. The molecule has 0 saturated carbocycles. The van der Waals surface area contributed by atoms with Gasteiger partial charge in [-0.05, 0) is 43.5 Å². The van der Waals surface area contributed by atoms with Crippen molar-refractivity contribution in [2.45, 2.75) is 64.8 Å². The predicted octanol–water partition coefficient (Wildman–Crippen LogP) is 6.18. The first-order chi connectivity index (χ1) is 10.0. The van der Waals surface area contributed by atoms with E-state index in [0.717, 1.165) is 5.56 Å². The van der Waals surface area contributed by atoms with Crippen molar-refractivity contribution in [1.82, 2.24) is 0 Å². The Morgan fingerprint density at radius 2 is 1.68 bits per heavy atom. The van der Waals surface area contributed by atoms with E-state index in [9.17, 15) is 8.78 Å². The maximum Gasteiger partial charge on any atom is 0.272 e. The van der Waals surface area contributed by atoms with Gasteiger partial charge in [0.25, 0.3) is 6.08 Å². The van der Waals surface area contributed by atoms with Crippen LogP contribution < -0.4 is 0 Å². The molecule has 1 nitrogen and oxygen atoms in total. The van der Waals surface area contributed by atoms with Crippen LogP contribution in [0.4, 0.5) is 8.78 Å². The number of rotatable bonds is 6. The number of halogens is 2. The molecule has 0 fully saturated rings. The fourth-order valence-electron chi connectivity index (χ4n) is 2.06. The lowest BCUT2D eigenvalue weighted by Gasteiger charge is -2.38. The van der Waals surface area contributed by atoms with Crippen LogP contribution >= 0.6 is 0 Å². The van der Waals surface area contributed by atoms with E-state index in [0.29, 0.717) is 12.8 Å². The highest BCUT2D eigenvalue weighted by atomic mass is 28.4. The van der Waals surface area contributed by atoms with Crippen LogP contribution in [0.5, 0.6) is 0 Å². The minimum absolute atomic E-state index is 0.0125. The third kappa shape index (κ3) is 5.32. The molecule has 0 aliphatic rings. The Morgan fingerprint density at radius 1 is 1.14 bits per heavy atom. The molecule has 0 amide bonds. The molecule has 1 aromatic rings. The minimum atomic E-state index is -2.05. The molecular weight excluding hydrogens is 298 g/mol. The third-order valence-electron chi connectivity index (χ3n) is 4.54. The molecule has 1 aromatic carbocycles. The molecule has 0 heterocycles. The lowest BCUT2D eigenvalue weighted by molar-refractivity contribution is 0.217. The molecule has 4 heteroatoms. The smallest absolute Gasteiger partial charge is 0.272 e. The summed E-state index contributed by atoms with van der Waals surface area (Å²) in [5, 5.41) is 0.0125. The van der Waals surface area contributed by atoms with Crippen LogP contribution in [0.2, 0.25) is 18.1 Å². The first kappa shape index (κ1) is 19.0. The van der Waals surface area contributed by atoms with Gasteiger partial charge in [-0.15, -0.1) is 0 Å². The zero-order valence-corrected chi connectivity index (χ0v) is 15.5. The lowest BCUT2D eigenvalue weighted by atomic mass is 10.0. The second-order valence-corrected chi connectivity index (χ2v) is 12.0. The molecule has 0 N–H and O–H groups in total. The Bertz CT molecular complexity index is 500. The lowest BCUT2D eigenvalue weighted by Crippen LogP contribution is -2.43. The van der Waals surface area contributed by atoms with Gasteiger partial charge in [-0.3, -0.25) is 0 Å². The molecule has 0 spiro atoms. The summed E-state index contributed by atoms with van der Waals surface area (Å²) in [5.41, 5.74) is 1.20. The molecule has 124 valence electrons. The van der Waals surface area contributed by atoms with Crippen LogP contribution in [0.25, 0.3) is 0 Å². The summed E-state index contributed by atoms with van der Waals surface area (Å²) >= 11 is 0. The maximum atomic E-state index is 13.3. The highest BCUT2D eigenvalue weighted by molar-refractivity contribution is 6.74. The highest BCUT2D eigenvalue weighted by Gasteiger charge is 2.39. The van der Waals surface area contributed by atoms with E-state index in [2.05, 4.69) is 33.9 Å². The summed E-state index contributed by atoms with van der Waals surface area (Å²) in [6, 6.07) is 9.72. The first-order valence-electron chi connectivity index (χ1n) is 7.80. The topological polar surface area (TPSA) is 9.23 Å². The molecule has 1 atom stereocenters. The molecule has 0 aliphatic heterocycles. The average Bonchev–Trinajstić information content (AvgIpc) is 2.37. The molecule has 0 radical (unpaired) electrons. The van der Waals surface area contributed by atoms with Crippen molar-refractivity contribution in [2.75, 3.05) is 0 Å². The van der Waals surface area contributed by atoms with Crippen LogP contribution in [0, 0.1) is 0 Å². The Kier molecular flexibility index (Phi) is 6.50. The first-order valence-corrected chi connectivity index (χ1v) is 10.7. The third-order valence-corrected chi connectivity index (χ3v) is 9.09. The molecular formula is C18H28F2OSi. The van der Waals surface area contributed by atoms with Crippen LogP contribution in [-0.2, 0) is 10.8 Å². The largest absolute Gasteiger partial charge is 0.410 e. The second kappa shape index (κ2) is 7.51. The van der Waals surface area contributed by atoms with E-state index in [1.165, 1.54) is 0 Å². The Balaban J connectivity index is 2.78. The van der Waals surface area contributed by atoms with Gasteiger partial charge in [0.05, 0.1) is 6.10 Å². The minimum Gasteiger partial charge on any atom is -0.410 e. The summed E-state index contributed by atoms with van der Waals surface area (Å²) in [5.74, 6) is 0. The van der Waals surface area contributed by atoms with Crippen LogP contribution in [-0.4, -0.2) is 14.4 Å². The quantitative estimate of drug-likeness (QED) is 0.567. The van der Waals surface area contributed by atoms with Crippen molar-refractivity contribution in [3.63, 3.8) is 0 Å². The number of hydrogen-bond acceptors (Lipinski definition) is 1. The van der Waals surface area contributed by atoms with Gasteiger partial charge in [0, 0.05) is 5.57 Å². The van der Waals surface area contributed by atoms with E-state index < -0.39 is 20.5 Å². The number of aryl methyl sites for hydroxylation is 1. The Morgan fingerprint density at radius 3 is 2.14 bits per heavy atom. The summed E-state index contributed by atoms with van der Waals surface area (Å²) in [7, 11) is -2.05. The maximum absolute atomic E-state index is 13.3. The molecule has 0 aromatic heterocycles. The number of hydrogen-bond donors (Lipinski definition) is 0. The van der Waals surface area contributed by atoms with Gasteiger partial charge < -0.3 is 4.43 Å². The number of benzene rings is 1. The zero-order chi connectivity index (χ0) is 17.0. The fourth-order valence-corrected chi connectivity index (χ4v) is 3.44. The molecule has 1 rings (SSSR count). The van der Waals surface area contributed by atoms with E-state index >= 15 is 0 Å². The van der Waals surface area contributed by atoms with Crippen molar-refractivity contribution in [3.05, 3.63) is 47.5 Å². The SMILES string of the molecule is CC(O[Si](C)(C)C(C)(C)C)C(CCc1ccccc1)=C(F)F. The van der Waals surface area contributed by atoms with Crippen molar-refractivity contribution < 1.29 is 13.2 Å². The molecule has 22 heavy (non-hydrogen) atoms. The normalized spacial score (nSPS) is 13.8. The van der Waals surface area contributed by atoms with Gasteiger partial charge in [0.15, 0.2) is 8.32 Å². The monoisotopic (exact) mass is 326 g/mol. The van der Waals surface area contributed by atoms with Crippen molar-refractivity contribution >= 4 is 8.32 Å². The standard InChI is InChI=1S/C18H28F2OSi/c1-14(21-22(5,6)18(2,3)4)16(17(19)20)13-12-15-10-8-7-9-11-15/h7-11,14H,12-13H2,1-6H3. The van der Waals surface area contributed by atoms with Crippen molar-refractivity contribution in [2.24, 2.45) is 0 Å². The van der Waals surface area contributed by atoms with Crippen LogP contribution in [0.15, 0.2) is 42.0 Å². The Labute approximate surface area is 134 Å². The van der Waals surface area contributed by atoms with E-state index in [-0.39, 0.29) is 10.6 Å². The van der Waals surface area contributed by atoms with Gasteiger partial charge in [-0.2, -0.15) is 8.78 Å². The summed E-state index contributed by atoms with van der Waals surface area (Å²) < 4.78 is 32.8. The summed E-state index contributed by atoms with van der Waals surface area (Å²) in [6.07, 6.45) is -1.18. The second-order valence-electron chi connectivity index (χ2n) is 7.29. The van der Waals surface area contributed by atoms with Gasteiger partial charge in [-0.25, -0.2) is 0 Å². The Hall–Kier alpha value is -1.00. The predicted molar refractivity (Wildman–Crippen MR) is 91.7 cm³/mol.